The van der Waals surface area contributed by atoms with Gasteiger partial charge in [-0.2, -0.15) is 9.67 Å². The zero-order valence-corrected chi connectivity index (χ0v) is 24.8. The summed E-state index contributed by atoms with van der Waals surface area (Å²) in [7, 11) is -3.83. The molecule has 15 heteroatoms. The summed E-state index contributed by atoms with van der Waals surface area (Å²) in [6.45, 7) is 0.779. The van der Waals surface area contributed by atoms with Crippen LogP contribution in [0.3, 0.4) is 0 Å². The molecule has 228 valence electrons. The van der Waals surface area contributed by atoms with E-state index >= 15 is 0 Å². The first-order valence-corrected chi connectivity index (χ1v) is 15.7. The Morgan fingerprint density at radius 2 is 1.76 bits per heavy atom. The first-order chi connectivity index (χ1) is 22.4. The standard InChI is InChI=1S/C31H24N10O4S/c42-30(29-34-31-37-46(43,44)28-13-7-6-12-25(28)41(31)36-29)32-15-27-23(33-19-45-27)18-39-16-22(35-38-39)17-40-24-11-5-4-10-21(24)14-26(40)20-8-2-1-3-9-20/h1-14,16,19H,15,17-18H2,(H,32,42)(H,34,36,37). The molecule has 0 saturated heterocycles. The molecule has 0 aliphatic carbocycles. The van der Waals surface area contributed by atoms with Crippen LogP contribution in [0.5, 0.6) is 0 Å². The highest BCUT2D eigenvalue weighted by Crippen LogP contribution is 2.30. The molecule has 8 rings (SSSR count). The molecule has 7 aromatic rings. The maximum absolute atomic E-state index is 13.0. The van der Waals surface area contributed by atoms with Gasteiger partial charge in [0.25, 0.3) is 15.9 Å². The highest BCUT2D eigenvalue weighted by Gasteiger charge is 2.31. The monoisotopic (exact) mass is 632 g/mol. The molecule has 2 N–H and O–H groups in total. The highest BCUT2D eigenvalue weighted by atomic mass is 32.2. The molecule has 0 atom stereocenters. The van der Waals surface area contributed by atoms with Crippen molar-refractivity contribution in [2.45, 2.75) is 24.5 Å². The number of carbonyl (C=O) groups excluding carboxylic acids is 1. The van der Waals surface area contributed by atoms with Gasteiger partial charge in [0.1, 0.15) is 22.0 Å². The molecule has 5 heterocycles. The van der Waals surface area contributed by atoms with Crippen molar-refractivity contribution in [2.24, 2.45) is 0 Å². The van der Waals surface area contributed by atoms with Gasteiger partial charge in [-0.15, -0.1) is 10.2 Å². The van der Waals surface area contributed by atoms with Gasteiger partial charge in [-0.3, -0.25) is 4.79 Å². The van der Waals surface area contributed by atoms with Gasteiger partial charge < -0.3 is 14.3 Å². The van der Waals surface area contributed by atoms with Crippen molar-refractivity contribution >= 4 is 32.8 Å². The maximum atomic E-state index is 13.0. The summed E-state index contributed by atoms with van der Waals surface area (Å²) in [5, 5.41) is 16.8. The van der Waals surface area contributed by atoms with E-state index in [1.807, 2.05) is 36.5 Å². The third kappa shape index (κ3) is 4.88. The fourth-order valence-electron chi connectivity index (χ4n) is 5.52. The van der Waals surface area contributed by atoms with Crippen LogP contribution in [0.1, 0.15) is 27.8 Å². The number of para-hydroxylation sites is 2. The lowest BCUT2D eigenvalue weighted by atomic mass is 10.1. The number of carbonyl (C=O) groups is 1. The molecule has 0 unspecified atom stereocenters. The average Bonchev–Trinajstić information content (AvgIpc) is 3.88. The number of sulfonamides is 1. The zero-order valence-electron chi connectivity index (χ0n) is 24.0. The predicted octanol–water partition coefficient (Wildman–Crippen LogP) is 3.61. The molecule has 0 bridgehead atoms. The first-order valence-electron chi connectivity index (χ1n) is 14.2. The lowest BCUT2D eigenvalue weighted by molar-refractivity contribution is 0.0937. The van der Waals surface area contributed by atoms with Gasteiger partial charge in [0, 0.05) is 16.6 Å². The van der Waals surface area contributed by atoms with Crippen LogP contribution >= 0.6 is 0 Å². The Morgan fingerprint density at radius 1 is 0.957 bits per heavy atom. The summed E-state index contributed by atoms with van der Waals surface area (Å²) < 4.78 is 38.2. The van der Waals surface area contributed by atoms with E-state index in [9.17, 15) is 13.2 Å². The van der Waals surface area contributed by atoms with Crippen molar-refractivity contribution in [2.75, 3.05) is 4.72 Å². The van der Waals surface area contributed by atoms with E-state index in [2.05, 4.69) is 70.3 Å². The van der Waals surface area contributed by atoms with Gasteiger partial charge in [-0.25, -0.2) is 22.8 Å². The molecule has 0 saturated carbocycles. The average molecular weight is 633 g/mol. The normalized spacial score (nSPS) is 13.2. The van der Waals surface area contributed by atoms with Gasteiger partial charge in [-0.1, -0.05) is 65.9 Å². The third-order valence-corrected chi connectivity index (χ3v) is 9.03. The predicted molar refractivity (Wildman–Crippen MR) is 165 cm³/mol. The summed E-state index contributed by atoms with van der Waals surface area (Å²) in [5.74, 6) is -0.473. The topological polar surface area (TPSA) is 168 Å². The van der Waals surface area contributed by atoms with Crippen LogP contribution in [0.4, 0.5) is 5.95 Å². The Balaban J connectivity index is 0.971. The summed E-state index contributed by atoms with van der Waals surface area (Å²) in [4.78, 5) is 21.4. The van der Waals surface area contributed by atoms with Crippen LogP contribution in [0.2, 0.25) is 0 Å². The van der Waals surface area contributed by atoms with Crippen LogP contribution < -0.4 is 10.0 Å². The maximum Gasteiger partial charge on any atom is 0.291 e. The van der Waals surface area contributed by atoms with E-state index in [1.54, 1.807) is 22.9 Å². The Bertz CT molecular complexity index is 2350. The van der Waals surface area contributed by atoms with Crippen molar-refractivity contribution in [1.29, 1.82) is 0 Å². The van der Waals surface area contributed by atoms with Gasteiger partial charge in [0.05, 0.1) is 31.5 Å². The van der Waals surface area contributed by atoms with Crippen molar-refractivity contribution in [3.8, 4) is 16.9 Å². The molecule has 4 aromatic heterocycles. The Hall–Kier alpha value is -6.09. The van der Waals surface area contributed by atoms with Crippen LogP contribution in [0.25, 0.3) is 27.8 Å². The third-order valence-electron chi connectivity index (χ3n) is 7.65. The molecule has 14 nitrogen and oxygen atoms in total. The van der Waals surface area contributed by atoms with E-state index in [4.69, 9.17) is 4.42 Å². The van der Waals surface area contributed by atoms with E-state index in [0.717, 1.165) is 27.9 Å². The minimum Gasteiger partial charge on any atom is -0.446 e. The lowest BCUT2D eigenvalue weighted by Crippen LogP contribution is -2.24. The zero-order chi connectivity index (χ0) is 31.3. The van der Waals surface area contributed by atoms with Crippen molar-refractivity contribution < 1.29 is 17.6 Å². The Kier molecular flexibility index (Phi) is 6.46. The largest absolute Gasteiger partial charge is 0.446 e. The fourth-order valence-corrected chi connectivity index (χ4v) is 6.69. The molecular weight excluding hydrogens is 608 g/mol. The number of anilines is 1. The molecule has 0 fully saturated rings. The molecule has 1 aliphatic heterocycles. The van der Waals surface area contributed by atoms with Gasteiger partial charge in [0.2, 0.25) is 11.8 Å². The fraction of sp³-hybridized carbons (Fsp3) is 0.0968. The SMILES string of the molecule is O=C(NCc1ocnc1Cn1cc(Cn2c(-c3ccccc3)cc3ccccc32)nn1)c1nc2n(n1)-c1ccccc1S(=O)(=O)N2. The van der Waals surface area contributed by atoms with E-state index in [-0.39, 0.29) is 29.8 Å². The van der Waals surface area contributed by atoms with E-state index in [1.165, 1.54) is 17.1 Å². The summed E-state index contributed by atoms with van der Waals surface area (Å²) in [5.41, 5.74) is 4.92. The summed E-state index contributed by atoms with van der Waals surface area (Å²) >= 11 is 0. The number of aromatic nitrogens is 8. The van der Waals surface area contributed by atoms with Crippen LogP contribution in [-0.2, 0) is 29.7 Å². The molecule has 46 heavy (non-hydrogen) atoms. The van der Waals surface area contributed by atoms with Crippen molar-refractivity contribution in [3.63, 3.8) is 0 Å². The molecule has 0 spiro atoms. The number of rotatable bonds is 8. The van der Waals surface area contributed by atoms with Gasteiger partial charge in [-0.05, 0) is 29.8 Å². The number of fused-ring (bicyclic) bond motifs is 4. The Labute approximate surface area is 261 Å². The van der Waals surface area contributed by atoms with Crippen LogP contribution in [0.15, 0.2) is 107 Å². The summed E-state index contributed by atoms with van der Waals surface area (Å²) in [6.07, 6.45) is 3.16. The molecule has 0 radical (unpaired) electrons. The highest BCUT2D eigenvalue weighted by molar-refractivity contribution is 7.93. The molecule has 1 amide bonds. The first kappa shape index (κ1) is 27.5. The van der Waals surface area contributed by atoms with Crippen molar-refractivity contribution in [3.05, 3.63) is 120 Å². The molecule has 3 aromatic carbocycles. The second-order valence-electron chi connectivity index (χ2n) is 10.6. The number of benzene rings is 3. The number of nitrogens with one attached hydrogen (secondary N) is 2. The van der Waals surface area contributed by atoms with Crippen molar-refractivity contribution in [1.82, 2.24) is 44.6 Å². The smallest absolute Gasteiger partial charge is 0.291 e. The van der Waals surface area contributed by atoms with E-state index < -0.39 is 15.9 Å². The number of oxazole rings is 1. The summed E-state index contributed by atoms with van der Waals surface area (Å²) in [6, 6.07) is 27.0. The van der Waals surface area contributed by atoms with Gasteiger partial charge in [0.15, 0.2) is 6.39 Å². The Morgan fingerprint density at radius 3 is 2.65 bits per heavy atom. The number of amides is 1. The van der Waals surface area contributed by atoms with E-state index in [0.29, 0.717) is 23.7 Å². The quantitative estimate of drug-likeness (QED) is 0.254. The molecule has 1 aliphatic rings. The second-order valence-corrected chi connectivity index (χ2v) is 12.2. The number of nitrogens with zero attached hydrogens (tertiary/aromatic N) is 8. The lowest BCUT2D eigenvalue weighted by Gasteiger charge is -2.17. The number of hydrogen-bond donors (Lipinski definition) is 2. The minimum absolute atomic E-state index is 0.00228. The number of hydrogen-bond acceptors (Lipinski definition) is 9. The van der Waals surface area contributed by atoms with Gasteiger partial charge >= 0.3 is 0 Å². The van der Waals surface area contributed by atoms with Crippen LogP contribution in [-0.4, -0.2) is 53.6 Å². The van der Waals surface area contributed by atoms with Crippen LogP contribution in [0, 0.1) is 0 Å². The minimum atomic E-state index is -3.83. The molecular formula is C31H24N10O4S. The second kappa shape index (κ2) is 10.8.